The standard InChI is InChI=1S/C14H19FN4/c1-2-3-7-14-13(9-16)17-18-19(14)10-11-5-4-6-12(15)8-11/h4-6,8H,2-3,7,9-10,16H2,1H3. The molecule has 0 aliphatic carbocycles. The van der Waals surface area contributed by atoms with Crippen LogP contribution in [-0.2, 0) is 19.5 Å². The van der Waals surface area contributed by atoms with Gasteiger partial charge in [-0.1, -0.05) is 30.7 Å². The van der Waals surface area contributed by atoms with Crippen LogP contribution in [0.2, 0.25) is 0 Å². The molecule has 0 amide bonds. The van der Waals surface area contributed by atoms with Gasteiger partial charge in [-0.25, -0.2) is 9.07 Å². The lowest BCUT2D eigenvalue weighted by molar-refractivity contribution is 0.594. The van der Waals surface area contributed by atoms with Crippen molar-refractivity contribution in [1.82, 2.24) is 15.0 Å². The van der Waals surface area contributed by atoms with Crippen LogP contribution in [0.4, 0.5) is 4.39 Å². The summed E-state index contributed by atoms with van der Waals surface area (Å²) in [5.74, 6) is -0.230. The molecule has 0 radical (unpaired) electrons. The molecule has 0 aliphatic heterocycles. The number of rotatable bonds is 6. The van der Waals surface area contributed by atoms with Crippen LogP contribution in [0.25, 0.3) is 0 Å². The molecule has 19 heavy (non-hydrogen) atoms. The predicted molar refractivity (Wildman–Crippen MR) is 72.0 cm³/mol. The molecule has 0 aliphatic rings. The second-order valence-electron chi connectivity index (χ2n) is 4.58. The summed E-state index contributed by atoms with van der Waals surface area (Å²) >= 11 is 0. The molecule has 0 saturated heterocycles. The highest BCUT2D eigenvalue weighted by molar-refractivity contribution is 5.18. The van der Waals surface area contributed by atoms with Crippen molar-refractivity contribution in [2.45, 2.75) is 39.3 Å². The Morgan fingerprint density at radius 3 is 2.89 bits per heavy atom. The van der Waals surface area contributed by atoms with Crippen LogP contribution in [0.15, 0.2) is 24.3 Å². The molecule has 0 unspecified atom stereocenters. The summed E-state index contributed by atoms with van der Waals surface area (Å²) in [6.07, 6.45) is 3.09. The van der Waals surface area contributed by atoms with Gasteiger partial charge < -0.3 is 5.73 Å². The van der Waals surface area contributed by atoms with Gasteiger partial charge in [-0.2, -0.15) is 0 Å². The third-order valence-corrected chi connectivity index (χ3v) is 3.10. The third kappa shape index (κ3) is 3.38. The smallest absolute Gasteiger partial charge is 0.123 e. The summed E-state index contributed by atoms with van der Waals surface area (Å²) in [7, 11) is 0. The van der Waals surface area contributed by atoms with Crippen molar-refractivity contribution in [3.63, 3.8) is 0 Å². The molecular formula is C14H19FN4. The van der Waals surface area contributed by atoms with E-state index in [0.29, 0.717) is 13.1 Å². The Morgan fingerprint density at radius 2 is 2.21 bits per heavy atom. The van der Waals surface area contributed by atoms with Crippen LogP contribution >= 0.6 is 0 Å². The summed E-state index contributed by atoms with van der Waals surface area (Å²) in [6, 6.07) is 6.55. The SMILES string of the molecule is CCCCc1c(CN)nnn1Cc1cccc(F)c1. The molecule has 102 valence electrons. The molecule has 5 heteroatoms. The minimum absolute atomic E-state index is 0.230. The number of benzene rings is 1. The van der Waals surface area contributed by atoms with E-state index in [1.807, 2.05) is 10.7 Å². The monoisotopic (exact) mass is 262 g/mol. The van der Waals surface area contributed by atoms with Crippen molar-refractivity contribution in [3.05, 3.63) is 47.0 Å². The highest BCUT2D eigenvalue weighted by Gasteiger charge is 2.11. The molecule has 2 aromatic rings. The lowest BCUT2D eigenvalue weighted by Gasteiger charge is -2.07. The fourth-order valence-electron chi connectivity index (χ4n) is 2.08. The maximum Gasteiger partial charge on any atom is 0.123 e. The average molecular weight is 262 g/mol. The van der Waals surface area contributed by atoms with Gasteiger partial charge in [-0.05, 0) is 30.5 Å². The number of aromatic nitrogens is 3. The number of hydrogen-bond donors (Lipinski definition) is 1. The van der Waals surface area contributed by atoms with Gasteiger partial charge in [0, 0.05) is 6.54 Å². The van der Waals surface area contributed by atoms with E-state index in [1.165, 1.54) is 12.1 Å². The van der Waals surface area contributed by atoms with E-state index in [-0.39, 0.29) is 5.82 Å². The summed E-state index contributed by atoms with van der Waals surface area (Å²) < 4.78 is 15.0. The first-order valence-corrected chi connectivity index (χ1v) is 6.60. The molecular weight excluding hydrogens is 243 g/mol. The largest absolute Gasteiger partial charge is 0.325 e. The summed E-state index contributed by atoms with van der Waals surface area (Å²) in [5, 5.41) is 8.23. The molecule has 1 aromatic carbocycles. The number of unbranched alkanes of at least 4 members (excludes halogenated alkanes) is 1. The number of nitrogens with two attached hydrogens (primary N) is 1. The number of halogens is 1. The van der Waals surface area contributed by atoms with Crippen molar-refractivity contribution in [2.24, 2.45) is 5.73 Å². The summed E-state index contributed by atoms with van der Waals surface area (Å²) in [5.41, 5.74) is 8.46. The van der Waals surface area contributed by atoms with Crippen LogP contribution in [0, 0.1) is 5.82 Å². The molecule has 2 rings (SSSR count). The van der Waals surface area contributed by atoms with E-state index in [9.17, 15) is 4.39 Å². The minimum atomic E-state index is -0.230. The van der Waals surface area contributed by atoms with E-state index in [2.05, 4.69) is 17.2 Å². The first kappa shape index (κ1) is 13.7. The number of hydrogen-bond acceptors (Lipinski definition) is 3. The first-order valence-electron chi connectivity index (χ1n) is 6.60. The Labute approximate surface area is 112 Å². The topological polar surface area (TPSA) is 56.7 Å². The van der Waals surface area contributed by atoms with Gasteiger partial charge in [0.2, 0.25) is 0 Å². The second kappa shape index (κ2) is 6.43. The van der Waals surface area contributed by atoms with Gasteiger partial charge in [-0.15, -0.1) is 5.10 Å². The zero-order valence-electron chi connectivity index (χ0n) is 11.1. The fourth-order valence-corrected chi connectivity index (χ4v) is 2.08. The highest BCUT2D eigenvalue weighted by Crippen LogP contribution is 2.12. The van der Waals surface area contributed by atoms with Gasteiger partial charge in [-0.3, -0.25) is 0 Å². The van der Waals surface area contributed by atoms with Crippen molar-refractivity contribution in [2.75, 3.05) is 0 Å². The van der Waals surface area contributed by atoms with Crippen molar-refractivity contribution in [1.29, 1.82) is 0 Å². The lowest BCUT2D eigenvalue weighted by Crippen LogP contribution is -2.09. The van der Waals surface area contributed by atoms with Gasteiger partial charge in [0.25, 0.3) is 0 Å². The average Bonchev–Trinajstić information content (AvgIpc) is 2.78. The molecule has 1 aromatic heterocycles. The molecule has 0 bridgehead atoms. The summed E-state index contributed by atoms with van der Waals surface area (Å²) in [6.45, 7) is 3.06. The van der Waals surface area contributed by atoms with Crippen LogP contribution in [-0.4, -0.2) is 15.0 Å². The van der Waals surface area contributed by atoms with Gasteiger partial charge in [0.15, 0.2) is 0 Å². The lowest BCUT2D eigenvalue weighted by atomic mass is 10.1. The quantitative estimate of drug-likeness (QED) is 0.868. The van der Waals surface area contributed by atoms with Gasteiger partial charge in [0.05, 0.1) is 17.9 Å². The molecule has 0 saturated carbocycles. The van der Waals surface area contributed by atoms with Gasteiger partial charge in [0.1, 0.15) is 5.82 Å². The molecule has 1 heterocycles. The normalized spacial score (nSPS) is 10.9. The Balaban J connectivity index is 2.21. The van der Waals surface area contributed by atoms with Crippen molar-refractivity contribution >= 4 is 0 Å². The van der Waals surface area contributed by atoms with Crippen LogP contribution < -0.4 is 5.73 Å². The van der Waals surface area contributed by atoms with Crippen LogP contribution in [0.3, 0.4) is 0 Å². The number of nitrogens with zero attached hydrogens (tertiary/aromatic N) is 3. The highest BCUT2D eigenvalue weighted by atomic mass is 19.1. The molecule has 2 N–H and O–H groups in total. The van der Waals surface area contributed by atoms with Crippen molar-refractivity contribution < 1.29 is 4.39 Å². The third-order valence-electron chi connectivity index (χ3n) is 3.10. The zero-order chi connectivity index (χ0) is 13.7. The molecule has 0 spiro atoms. The maximum absolute atomic E-state index is 13.2. The van der Waals surface area contributed by atoms with Crippen LogP contribution in [0.1, 0.15) is 36.7 Å². The van der Waals surface area contributed by atoms with E-state index in [1.54, 1.807) is 6.07 Å². The fraction of sp³-hybridized carbons (Fsp3) is 0.429. The zero-order valence-corrected chi connectivity index (χ0v) is 11.1. The predicted octanol–water partition coefficient (Wildman–Crippen LogP) is 2.27. The molecule has 0 fully saturated rings. The van der Waals surface area contributed by atoms with E-state index in [0.717, 1.165) is 36.2 Å². The Morgan fingerprint density at radius 1 is 1.37 bits per heavy atom. The van der Waals surface area contributed by atoms with Gasteiger partial charge >= 0.3 is 0 Å². The minimum Gasteiger partial charge on any atom is -0.325 e. The van der Waals surface area contributed by atoms with E-state index < -0.39 is 0 Å². The Hall–Kier alpha value is -1.75. The maximum atomic E-state index is 13.2. The second-order valence-corrected chi connectivity index (χ2v) is 4.58. The molecule has 4 nitrogen and oxygen atoms in total. The van der Waals surface area contributed by atoms with Crippen LogP contribution in [0.5, 0.6) is 0 Å². The first-order chi connectivity index (χ1) is 9.24. The summed E-state index contributed by atoms with van der Waals surface area (Å²) in [4.78, 5) is 0. The Bertz CT molecular complexity index is 536. The van der Waals surface area contributed by atoms with E-state index >= 15 is 0 Å². The van der Waals surface area contributed by atoms with E-state index in [4.69, 9.17) is 5.73 Å². The molecule has 0 atom stereocenters. The van der Waals surface area contributed by atoms with Crippen molar-refractivity contribution in [3.8, 4) is 0 Å². The Kier molecular flexibility index (Phi) is 4.63.